The Morgan fingerprint density at radius 1 is 1.60 bits per heavy atom. The monoisotopic (exact) mass is 239 g/mol. The zero-order chi connectivity index (χ0) is 11.6. The molecule has 0 aromatic carbocycles. The molecule has 0 saturated carbocycles. The van der Waals surface area contributed by atoms with E-state index in [-0.39, 0.29) is 11.6 Å². The minimum Gasteiger partial charge on any atom is -0.476 e. The maximum atomic E-state index is 13.1. The number of pyridine rings is 1. The van der Waals surface area contributed by atoms with Crippen molar-refractivity contribution in [2.24, 2.45) is 0 Å². The fourth-order valence-electron chi connectivity index (χ4n) is 1.01. The molecule has 15 heavy (non-hydrogen) atoms. The number of alkyl halides is 3. The highest BCUT2D eigenvalue weighted by Crippen LogP contribution is 2.25. The van der Waals surface area contributed by atoms with Gasteiger partial charge in [0.1, 0.15) is 5.82 Å². The van der Waals surface area contributed by atoms with Gasteiger partial charge in [0.05, 0.1) is 17.1 Å². The van der Waals surface area contributed by atoms with Crippen molar-refractivity contribution in [3.63, 3.8) is 0 Å². The molecule has 1 aromatic heterocycles. The lowest BCUT2D eigenvalue weighted by atomic mass is 10.1. The Morgan fingerprint density at radius 2 is 2.20 bits per heavy atom. The minimum atomic E-state index is -3.23. The second-order valence-corrected chi connectivity index (χ2v) is 2.86. The summed E-state index contributed by atoms with van der Waals surface area (Å²) >= 11 is 5.30. The van der Waals surface area contributed by atoms with Gasteiger partial charge in [-0.2, -0.15) is 0 Å². The van der Waals surface area contributed by atoms with Crippen LogP contribution in [0, 0.1) is 5.82 Å². The fraction of sp³-hybridized carbons (Fsp3) is 0.250. The first kappa shape index (κ1) is 11.8. The predicted octanol–water partition coefficient (Wildman–Crippen LogP) is 2.60. The molecule has 0 bridgehead atoms. The molecule has 0 amide bonds. The third kappa shape index (κ3) is 2.38. The summed E-state index contributed by atoms with van der Waals surface area (Å²) in [6, 6.07) is 0.695. The van der Waals surface area contributed by atoms with Crippen LogP contribution < -0.4 is 0 Å². The van der Waals surface area contributed by atoms with Gasteiger partial charge in [-0.1, -0.05) is 0 Å². The van der Waals surface area contributed by atoms with E-state index in [1.54, 1.807) is 0 Å². The van der Waals surface area contributed by atoms with E-state index in [1.165, 1.54) is 0 Å². The zero-order valence-electron chi connectivity index (χ0n) is 7.18. The van der Waals surface area contributed by atoms with Crippen LogP contribution in [0.25, 0.3) is 0 Å². The van der Waals surface area contributed by atoms with Crippen LogP contribution in [0.3, 0.4) is 0 Å². The summed E-state index contributed by atoms with van der Waals surface area (Å²) in [5.74, 6) is -3.27. The van der Waals surface area contributed by atoms with Crippen LogP contribution in [-0.2, 0) is 5.88 Å². The molecule has 1 rings (SSSR count). The molecule has 0 aliphatic rings. The molecule has 7 heteroatoms. The second kappa shape index (κ2) is 4.48. The van der Waals surface area contributed by atoms with Gasteiger partial charge in [0.2, 0.25) is 0 Å². The van der Waals surface area contributed by atoms with E-state index in [2.05, 4.69) is 4.98 Å². The lowest BCUT2D eigenvalue weighted by Crippen LogP contribution is -2.10. The summed E-state index contributed by atoms with van der Waals surface area (Å²) in [5.41, 5.74) is -2.31. The normalized spacial score (nSPS) is 10.7. The first-order valence-electron chi connectivity index (χ1n) is 3.74. The largest absolute Gasteiger partial charge is 0.476 e. The SMILES string of the molecule is O=C(O)c1nc(CCl)cc(F)c1C(F)F. The van der Waals surface area contributed by atoms with Crippen molar-refractivity contribution in [2.45, 2.75) is 12.3 Å². The molecule has 0 aliphatic carbocycles. The third-order valence-electron chi connectivity index (χ3n) is 1.62. The van der Waals surface area contributed by atoms with E-state index < -0.39 is 29.5 Å². The molecule has 0 spiro atoms. The number of nitrogens with zero attached hydrogens (tertiary/aromatic N) is 1. The van der Waals surface area contributed by atoms with Crippen LogP contribution in [0.2, 0.25) is 0 Å². The average Bonchev–Trinajstić information content (AvgIpc) is 2.15. The summed E-state index contributed by atoms with van der Waals surface area (Å²) in [6.07, 6.45) is -3.23. The molecule has 1 heterocycles. The molecule has 0 aliphatic heterocycles. The van der Waals surface area contributed by atoms with Gasteiger partial charge >= 0.3 is 5.97 Å². The highest BCUT2D eigenvalue weighted by Gasteiger charge is 2.24. The maximum Gasteiger partial charge on any atom is 0.355 e. The van der Waals surface area contributed by atoms with E-state index in [4.69, 9.17) is 16.7 Å². The summed E-state index contributed by atoms with van der Waals surface area (Å²) in [6.45, 7) is 0. The van der Waals surface area contributed by atoms with Crippen molar-refractivity contribution in [3.8, 4) is 0 Å². The first-order chi connectivity index (χ1) is 6.97. The van der Waals surface area contributed by atoms with Crippen LogP contribution in [0.15, 0.2) is 6.07 Å². The van der Waals surface area contributed by atoms with Crippen LogP contribution in [-0.4, -0.2) is 16.1 Å². The van der Waals surface area contributed by atoms with E-state index in [0.29, 0.717) is 6.07 Å². The number of carboxylic acids is 1. The lowest BCUT2D eigenvalue weighted by molar-refractivity contribution is 0.0674. The first-order valence-corrected chi connectivity index (χ1v) is 4.27. The van der Waals surface area contributed by atoms with E-state index >= 15 is 0 Å². The Bertz CT molecular complexity index is 398. The fourth-order valence-corrected chi connectivity index (χ4v) is 1.15. The molecule has 1 aromatic rings. The van der Waals surface area contributed by atoms with E-state index in [0.717, 1.165) is 0 Å². The number of aromatic carboxylic acids is 1. The summed E-state index contributed by atoms with van der Waals surface area (Å²) in [7, 11) is 0. The number of hydrogen-bond acceptors (Lipinski definition) is 2. The molecule has 0 atom stereocenters. The minimum absolute atomic E-state index is 0.101. The van der Waals surface area contributed by atoms with Gasteiger partial charge in [-0.25, -0.2) is 22.9 Å². The lowest BCUT2D eigenvalue weighted by Gasteiger charge is -2.07. The molecular formula is C8H5ClF3NO2. The molecule has 82 valence electrons. The van der Waals surface area contributed by atoms with Gasteiger partial charge < -0.3 is 5.11 Å². The van der Waals surface area contributed by atoms with Crippen molar-refractivity contribution >= 4 is 17.6 Å². The molecule has 0 fully saturated rings. The Labute approximate surface area is 87.5 Å². The van der Waals surface area contributed by atoms with Gasteiger partial charge in [0, 0.05) is 0 Å². The molecule has 0 saturated heterocycles. The molecule has 3 nitrogen and oxygen atoms in total. The summed E-state index contributed by atoms with van der Waals surface area (Å²) in [5, 5.41) is 8.55. The van der Waals surface area contributed by atoms with Crippen molar-refractivity contribution in [1.82, 2.24) is 4.98 Å². The standard InChI is InChI=1S/C8H5ClF3NO2/c9-2-3-1-4(10)5(7(11)12)6(13-3)8(14)15/h1,7H,2H2,(H,14,15). The summed E-state index contributed by atoms with van der Waals surface area (Å²) in [4.78, 5) is 13.9. The van der Waals surface area contributed by atoms with Gasteiger partial charge in [-0.3, -0.25) is 0 Å². The smallest absolute Gasteiger partial charge is 0.355 e. The molecule has 0 radical (unpaired) electrons. The van der Waals surface area contributed by atoms with Crippen LogP contribution >= 0.6 is 11.6 Å². The Kier molecular flexibility index (Phi) is 3.52. The maximum absolute atomic E-state index is 13.1. The Morgan fingerprint density at radius 3 is 2.60 bits per heavy atom. The van der Waals surface area contributed by atoms with E-state index in [9.17, 15) is 18.0 Å². The molecule has 1 N–H and O–H groups in total. The van der Waals surface area contributed by atoms with Gasteiger partial charge in [0.25, 0.3) is 6.43 Å². The van der Waals surface area contributed by atoms with Gasteiger partial charge in [-0.05, 0) is 6.07 Å². The average molecular weight is 240 g/mol. The zero-order valence-corrected chi connectivity index (χ0v) is 7.93. The third-order valence-corrected chi connectivity index (χ3v) is 1.89. The highest BCUT2D eigenvalue weighted by atomic mass is 35.5. The van der Waals surface area contributed by atoms with Gasteiger partial charge in [0.15, 0.2) is 5.69 Å². The van der Waals surface area contributed by atoms with Gasteiger partial charge in [-0.15, -0.1) is 11.6 Å². The van der Waals surface area contributed by atoms with E-state index in [1.807, 2.05) is 0 Å². The number of aromatic nitrogens is 1. The highest BCUT2D eigenvalue weighted by molar-refractivity contribution is 6.16. The van der Waals surface area contributed by atoms with Crippen molar-refractivity contribution in [2.75, 3.05) is 0 Å². The quantitative estimate of drug-likeness (QED) is 0.825. The number of carboxylic acid groups (broad SMARTS) is 1. The summed E-state index contributed by atoms with van der Waals surface area (Å²) < 4.78 is 37.7. The molecule has 0 unspecified atom stereocenters. The second-order valence-electron chi connectivity index (χ2n) is 2.60. The van der Waals surface area contributed by atoms with Crippen LogP contribution in [0.1, 0.15) is 28.2 Å². The Hall–Kier alpha value is -1.30. The number of rotatable bonds is 3. The van der Waals surface area contributed by atoms with Crippen molar-refractivity contribution in [3.05, 3.63) is 28.8 Å². The van der Waals surface area contributed by atoms with Crippen molar-refractivity contribution < 1.29 is 23.1 Å². The topological polar surface area (TPSA) is 50.2 Å². The predicted molar refractivity (Wildman–Crippen MR) is 45.7 cm³/mol. The van der Waals surface area contributed by atoms with Crippen LogP contribution in [0.5, 0.6) is 0 Å². The van der Waals surface area contributed by atoms with Crippen LogP contribution in [0.4, 0.5) is 13.2 Å². The number of carbonyl (C=O) groups is 1. The Balaban J connectivity index is 3.42. The molecular weight excluding hydrogens is 235 g/mol. The number of hydrogen-bond donors (Lipinski definition) is 1. The van der Waals surface area contributed by atoms with Crippen molar-refractivity contribution in [1.29, 1.82) is 0 Å². The number of halogens is 4.